The Morgan fingerprint density at radius 1 is 1.47 bits per heavy atom. The van der Waals surface area contributed by atoms with Crippen molar-refractivity contribution in [1.29, 1.82) is 0 Å². The van der Waals surface area contributed by atoms with Crippen molar-refractivity contribution in [2.75, 3.05) is 20.4 Å². The molecular weight excluding hydrogens is 194 g/mol. The Morgan fingerprint density at radius 3 is 3.07 bits per heavy atom. The number of fused-ring (bicyclic) bond motifs is 1. The van der Waals surface area contributed by atoms with E-state index in [9.17, 15) is 0 Å². The normalized spacial score (nSPS) is 13.5. The third kappa shape index (κ3) is 1.89. The zero-order chi connectivity index (χ0) is 10.7. The molecule has 0 bridgehead atoms. The van der Waals surface area contributed by atoms with Gasteiger partial charge in [0.1, 0.15) is 0 Å². The molecule has 0 unspecified atom stereocenters. The van der Waals surface area contributed by atoms with Crippen molar-refractivity contribution in [2.24, 2.45) is 5.73 Å². The van der Waals surface area contributed by atoms with Gasteiger partial charge in [0.15, 0.2) is 11.5 Å². The van der Waals surface area contributed by atoms with E-state index in [4.69, 9.17) is 19.9 Å². The summed E-state index contributed by atoms with van der Waals surface area (Å²) in [5, 5.41) is 0. The molecule has 0 atom stereocenters. The maximum atomic E-state index is 5.39. The fraction of sp³-hybridized carbons (Fsp3) is 0.273. The molecule has 0 spiro atoms. The van der Waals surface area contributed by atoms with Crippen LogP contribution in [0, 0.1) is 0 Å². The molecule has 0 aliphatic carbocycles. The summed E-state index contributed by atoms with van der Waals surface area (Å²) in [6.45, 7) is 0.756. The molecule has 1 aromatic carbocycles. The van der Waals surface area contributed by atoms with E-state index in [1.54, 1.807) is 7.11 Å². The minimum absolute atomic E-state index is 0.246. The molecule has 80 valence electrons. The summed E-state index contributed by atoms with van der Waals surface area (Å²) in [6, 6.07) is 3.79. The van der Waals surface area contributed by atoms with Crippen molar-refractivity contribution in [3.05, 3.63) is 23.8 Å². The fourth-order valence-corrected chi connectivity index (χ4v) is 1.45. The molecule has 4 heteroatoms. The SMILES string of the molecule is COc1cc(C=CCN)cc2c1OCO2. The molecule has 0 saturated heterocycles. The molecule has 1 aliphatic heterocycles. The molecule has 0 saturated carbocycles. The first-order chi connectivity index (χ1) is 7.35. The van der Waals surface area contributed by atoms with Crippen LogP contribution >= 0.6 is 0 Å². The van der Waals surface area contributed by atoms with E-state index in [1.165, 1.54) is 0 Å². The van der Waals surface area contributed by atoms with Crippen molar-refractivity contribution in [3.63, 3.8) is 0 Å². The Kier molecular flexibility index (Phi) is 2.78. The average molecular weight is 207 g/mol. The maximum absolute atomic E-state index is 5.39. The lowest BCUT2D eigenvalue weighted by Crippen LogP contribution is -1.93. The molecule has 2 rings (SSSR count). The number of nitrogens with two attached hydrogens (primary N) is 1. The van der Waals surface area contributed by atoms with Crippen LogP contribution in [0.3, 0.4) is 0 Å². The minimum atomic E-state index is 0.246. The van der Waals surface area contributed by atoms with Gasteiger partial charge >= 0.3 is 0 Å². The first-order valence-electron chi connectivity index (χ1n) is 4.69. The second-order valence-electron chi connectivity index (χ2n) is 3.10. The lowest BCUT2D eigenvalue weighted by Gasteiger charge is -2.05. The molecule has 4 nitrogen and oxygen atoms in total. The topological polar surface area (TPSA) is 53.7 Å². The summed E-state index contributed by atoms with van der Waals surface area (Å²) >= 11 is 0. The van der Waals surface area contributed by atoms with Crippen molar-refractivity contribution in [1.82, 2.24) is 0 Å². The first kappa shape index (κ1) is 9.86. The van der Waals surface area contributed by atoms with Crippen molar-refractivity contribution < 1.29 is 14.2 Å². The van der Waals surface area contributed by atoms with Crippen LogP contribution in [-0.2, 0) is 0 Å². The van der Waals surface area contributed by atoms with Gasteiger partial charge in [0.25, 0.3) is 0 Å². The van der Waals surface area contributed by atoms with Crippen LogP contribution in [0.2, 0.25) is 0 Å². The van der Waals surface area contributed by atoms with Crippen LogP contribution in [0.15, 0.2) is 18.2 Å². The van der Waals surface area contributed by atoms with E-state index < -0.39 is 0 Å². The monoisotopic (exact) mass is 207 g/mol. The van der Waals surface area contributed by atoms with Gasteiger partial charge in [-0.1, -0.05) is 12.2 Å². The molecule has 0 aromatic heterocycles. The molecule has 2 N–H and O–H groups in total. The van der Waals surface area contributed by atoms with Crippen molar-refractivity contribution >= 4 is 6.08 Å². The molecule has 1 heterocycles. The Bertz CT molecular complexity index is 388. The standard InChI is InChI=1S/C11H13NO3/c1-13-9-5-8(3-2-4-12)6-10-11(9)15-7-14-10/h2-3,5-6H,4,7,12H2,1H3. The van der Waals surface area contributed by atoms with E-state index in [-0.39, 0.29) is 6.79 Å². The second-order valence-corrected chi connectivity index (χ2v) is 3.10. The summed E-state index contributed by atoms with van der Waals surface area (Å²) in [4.78, 5) is 0. The highest BCUT2D eigenvalue weighted by molar-refractivity contribution is 5.62. The lowest BCUT2D eigenvalue weighted by molar-refractivity contribution is 0.171. The van der Waals surface area contributed by atoms with Gasteiger partial charge in [0, 0.05) is 6.54 Å². The van der Waals surface area contributed by atoms with Crippen LogP contribution < -0.4 is 19.9 Å². The van der Waals surface area contributed by atoms with Gasteiger partial charge in [0.2, 0.25) is 12.5 Å². The smallest absolute Gasteiger partial charge is 0.231 e. The zero-order valence-electron chi connectivity index (χ0n) is 8.53. The highest BCUT2D eigenvalue weighted by Crippen LogP contribution is 2.41. The van der Waals surface area contributed by atoms with Gasteiger partial charge in [-0.15, -0.1) is 0 Å². The van der Waals surface area contributed by atoms with Crippen LogP contribution in [-0.4, -0.2) is 20.4 Å². The van der Waals surface area contributed by atoms with Gasteiger partial charge in [-0.3, -0.25) is 0 Å². The van der Waals surface area contributed by atoms with E-state index in [0.29, 0.717) is 23.8 Å². The van der Waals surface area contributed by atoms with Gasteiger partial charge in [-0.2, -0.15) is 0 Å². The van der Waals surface area contributed by atoms with E-state index in [0.717, 1.165) is 5.56 Å². The third-order valence-corrected chi connectivity index (χ3v) is 2.13. The number of hydrogen-bond acceptors (Lipinski definition) is 4. The summed E-state index contributed by atoms with van der Waals surface area (Å²) in [5.74, 6) is 2.06. The summed E-state index contributed by atoms with van der Waals surface area (Å²) in [5.41, 5.74) is 6.37. The summed E-state index contributed by atoms with van der Waals surface area (Å²) in [6.07, 6.45) is 3.79. The van der Waals surface area contributed by atoms with Crippen LogP contribution in [0.4, 0.5) is 0 Å². The van der Waals surface area contributed by atoms with Crippen LogP contribution in [0.5, 0.6) is 17.2 Å². The van der Waals surface area contributed by atoms with Crippen LogP contribution in [0.25, 0.3) is 6.08 Å². The first-order valence-corrected chi connectivity index (χ1v) is 4.69. The fourth-order valence-electron chi connectivity index (χ4n) is 1.45. The Morgan fingerprint density at radius 2 is 2.33 bits per heavy atom. The quantitative estimate of drug-likeness (QED) is 0.813. The van der Waals surface area contributed by atoms with Crippen LogP contribution in [0.1, 0.15) is 5.56 Å². The molecule has 1 aliphatic rings. The van der Waals surface area contributed by atoms with Gasteiger partial charge in [-0.05, 0) is 17.7 Å². The molecule has 0 fully saturated rings. The molecule has 0 radical (unpaired) electrons. The number of ether oxygens (including phenoxy) is 3. The van der Waals surface area contributed by atoms with E-state index >= 15 is 0 Å². The van der Waals surface area contributed by atoms with Gasteiger partial charge < -0.3 is 19.9 Å². The highest BCUT2D eigenvalue weighted by atomic mass is 16.7. The summed E-state index contributed by atoms with van der Waals surface area (Å²) < 4.78 is 15.8. The molecule has 0 amide bonds. The second kappa shape index (κ2) is 4.23. The van der Waals surface area contributed by atoms with Gasteiger partial charge in [0.05, 0.1) is 7.11 Å². The Hall–Kier alpha value is -1.68. The van der Waals surface area contributed by atoms with Crippen molar-refractivity contribution in [3.8, 4) is 17.2 Å². The molecular formula is C11H13NO3. The number of rotatable bonds is 3. The Balaban J connectivity index is 2.39. The lowest BCUT2D eigenvalue weighted by atomic mass is 10.1. The van der Waals surface area contributed by atoms with E-state index in [1.807, 2.05) is 24.3 Å². The number of methoxy groups -OCH3 is 1. The third-order valence-electron chi connectivity index (χ3n) is 2.13. The summed E-state index contributed by atoms with van der Waals surface area (Å²) in [7, 11) is 1.60. The number of benzene rings is 1. The molecule has 1 aromatic rings. The predicted octanol–water partition coefficient (Wildman–Crippen LogP) is 1.40. The largest absolute Gasteiger partial charge is 0.493 e. The number of hydrogen-bond donors (Lipinski definition) is 1. The maximum Gasteiger partial charge on any atom is 0.231 e. The van der Waals surface area contributed by atoms with Gasteiger partial charge in [-0.25, -0.2) is 0 Å². The van der Waals surface area contributed by atoms with Crippen molar-refractivity contribution in [2.45, 2.75) is 0 Å². The predicted molar refractivity (Wildman–Crippen MR) is 57.2 cm³/mol. The highest BCUT2D eigenvalue weighted by Gasteiger charge is 2.19. The zero-order valence-corrected chi connectivity index (χ0v) is 8.53. The Labute approximate surface area is 88.2 Å². The average Bonchev–Trinajstić information content (AvgIpc) is 2.73. The minimum Gasteiger partial charge on any atom is -0.493 e. The molecule has 15 heavy (non-hydrogen) atoms. The van der Waals surface area contributed by atoms with E-state index in [2.05, 4.69) is 0 Å².